The van der Waals surface area contributed by atoms with Crippen molar-refractivity contribution in [3.63, 3.8) is 0 Å². The molecule has 1 aromatic carbocycles. The van der Waals surface area contributed by atoms with Crippen LogP contribution in [0.25, 0.3) is 0 Å². The van der Waals surface area contributed by atoms with Gasteiger partial charge in [0.15, 0.2) is 0 Å². The van der Waals surface area contributed by atoms with Crippen LogP contribution < -0.4 is 5.73 Å². The molecule has 1 atom stereocenters. The normalized spacial score (nSPS) is 12.8. The van der Waals surface area contributed by atoms with Gasteiger partial charge >= 0.3 is 0 Å². The van der Waals surface area contributed by atoms with Gasteiger partial charge in [0.25, 0.3) is 0 Å². The number of hydrogen-bond acceptors (Lipinski definition) is 1. The highest BCUT2D eigenvalue weighted by molar-refractivity contribution is 5.25. The maximum Gasteiger partial charge on any atom is 0.128 e. The summed E-state index contributed by atoms with van der Waals surface area (Å²) in [6.07, 6.45) is 4.28. The first kappa shape index (κ1) is 12.2. The van der Waals surface area contributed by atoms with Crippen molar-refractivity contribution in [1.82, 2.24) is 0 Å². The molecule has 1 rings (SSSR count). The number of benzene rings is 1. The molecular weight excluding hydrogens is 189 g/mol. The summed E-state index contributed by atoms with van der Waals surface area (Å²) in [5.74, 6) is -0.168. The Hall–Kier alpha value is -0.890. The highest BCUT2D eigenvalue weighted by Gasteiger charge is 2.10. The van der Waals surface area contributed by atoms with Crippen LogP contribution in [0.4, 0.5) is 4.39 Å². The van der Waals surface area contributed by atoms with E-state index in [1.165, 1.54) is 12.8 Å². The first-order chi connectivity index (χ1) is 7.15. The van der Waals surface area contributed by atoms with Gasteiger partial charge in [-0.2, -0.15) is 0 Å². The molecule has 0 radical (unpaired) electrons. The third-order valence-corrected chi connectivity index (χ3v) is 2.67. The average Bonchev–Trinajstić information content (AvgIpc) is 2.17. The first-order valence-electron chi connectivity index (χ1n) is 5.66. The zero-order valence-electron chi connectivity index (χ0n) is 9.59. The fraction of sp³-hybridized carbons (Fsp3) is 0.538. The third kappa shape index (κ3) is 3.63. The van der Waals surface area contributed by atoms with E-state index in [9.17, 15) is 4.39 Å². The monoisotopic (exact) mass is 209 g/mol. The Bertz CT molecular complexity index is 309. The molecule has 0 heterocycles. The number of aryl methyl sites for hydroxylation is 1. The molecule has 0 unspecified atom stereocenters. The molecule has 0 spiro atoms. The van der Waals surface area contributed by atoms with E-state index in [-0.39, 0.29) is 11.9 Å². The zero-order chi connectivity index (χ0) is 11.3. The van der Waals surface area contributed by atoms with Crippen LogP contribution in [-0.4, -0.2) is 0 Å². The molecule has 0 saturated carbocycles. The van der Waals surface area contributed by atoms with Gasteiger partial charge in [0.1, 0.15) is 5.82 Å². The predicted octanol–water partition coefficient (Wildman–Crippen LogP) is 3.71. The maximum absolute atomic E-state index is 13.5. The lowest BCUT2D eigenvalue weighted by molar-refractivity contribution is 0.538. The summed E-state index contributed by atoms with van der Waals surface area (Å²) < 4.78 is 13.5. The standard InChI is InChI=1S/C13H20FN/c1-3-4-5-6-13(15)11-8-7-10(2)9-12(11)14/h7-9,13H,3-6,15H2,1-2H3/t13-/m0/s1. The second kappa shape index (κ2) is 5.86. The Labute approximate surface area is 91.5 Å². The van der Waals surface area contributed by atoms with E-state index in [2.05, 4.69) is 6.92 Å². The highest BCUT2D eigenvalue weighted by Crippen LogP contribution is 2.21. The van der Waals surface area contributed by atoms with Crippen molar-refractivity contribution in [2.45, 2.75) is 45.6 Å². The van der Waals surface area contributed by atoms with E-state index < -0.39 is 0 Å². The number of unbranched alkanes of at least 4 members (excludes halogenated alkanes) is 2. The van der Waals surface area contributed by atoms with Crippen molar-refractivity contribution in [3.8, 4) is 0 Å². The summed E-state index contributed by atoms with van der Waals surface area (Å²) in [6, 6.07) is 5.12. The summed E-state index contributed by atoms with van der Waals surface area (Å²) in [5, 5.41) is 0. The Morgan fingerprint density at radius 2 is 2.07 bits per heavy atom. The Morgan fingerprint density at radius 1 is 1.33 bits per heavy atom. The van der Waals surface area contributed by atoms with Crippen molar-refractivity contribution in [2.75, 3.05) is 0 Å². The van der Waals surface area contributed by atoms with Gasteiger partial charge in [-0.05, 0) is 25.0 Å². The van der Waals surface area contributed by atoms with Gasteiger partial charge in [-0.25, -0.2) is 4.39 Å². The molecule has 2 heteroatoms. The van der Waals surface area contributed by atoms with Gasteiger partial charge in [-0.3, -0.25) is 0 Å². The minimum absolute atomic E-state index is 0.155. The Morgan fingerprint density at radius 3 is 2.67 bits per heavy atom. The molecule has 0 fully saturated rings. The van der Waals surface area contributed by atoms with Crippen LogP contribution in [-0.2, 0) is 0 Å². The van der Waals surface area contributed by atoms with E-state index >= 15 is 0 Å². The average molecular weight is 209 g/mol. The van der Waals surface area contributed by atoms with Crippen molar-refractivity contribution in [1.29, 1.82) is 0 Å². The molecule has 1 aromatic rings. The maximum atomic E-state index is 13.5. The van der Waals surface area contributed by atoms with Crippen molar-refractivity contribution < 1.29 is 4.39 Å². The van der Waals surface area contributed by atoms with Gasteiger partial charge in [0, 0.05) is 11.6 Å². The minimum atomic E-state index is -0.168. The van der Waals surface area contributed by atoms with E-state index in [1.807, 2.05) is 13.0 Å². The quantitative estimate of drug-likeness (QED) is 0.735. The number of hydrogen-bond donors (Lipinski definition) is 1. The van der Waals surface area contributed by atoms with E-state index in [0.717, 1.165) is 18.4 Å². The number of rotatable bonds is 5. The molecular formula is C13H20FN. The van der Waals surface area contributed by atoms with Gasteiger partial charge in [-0.15, -0.1) is 0 Å². The smallest absolute Gasteiger partial charge is 0.128 e. The van der Waals surface area contributed by atoms with E-state index in [0.29, 0.717) is 5.56 Å². The summed E-state index contributed by atoms with van der Waals surface area (Å²) in [6.45, 7) is 4.04. The van der Waals surface area contributed by atoms with Crippen molar-refractivity contribution in [3.05, 3.63) is 35.1 Å². The number of nitrogens with two attached hydrogens (primary N) is 1. The first-order valence-corrected chi connectivity index (χ1v) is 5.66. The molecule has 15 heavy (non-hydrogen) atoms. The van der Waals surface area contributed by atoms with Gasteiger partial charge in [0.05, 0.1) is 0 Å². The van der Waals surface area contributed by atoms with Crippen LogP contribution in [0, 0.1) is 12.7 Å². The summed E-state index contributed by atoms with van der Waals surface area (Å²) in [5.41, 5.74) is 7.54. The molecule has 0 aliphatic rings. The molecule has 0 aromatic heterocycles. The minimum Gasteiger partial charge on any atom is -0.324 e. The summed E-state index contributed by atoms with van der Waals surface area (Å²) in [4.78, 5) is 0. The summed E-state index contributed by atoms with van der Waals surface area (Å²) in [7, 11) is 0. The van der Waals surface area contributed by atoms with Gasteiger partial charge < -0.3 is 5.73 Å². The van der Waals surface area contributed by atoms with Crippen LogP contribution in [0.15, 0.2) is 18.2 Å². The molecule has 2 N–H and O–H groups in total. The van der Waals surface area contributed by atoms with Crippen LogP contribution in [0.3, 0.4) is 0 Å². The predicted molar refractivity (Wildman–Crippen MR) is 62.2 cm³/mol. The SMILES string of the molecule is CCCCC[C@H](N)c1ccc(C)cc1F. The lowest BCUT2D eigenvalue weighted by atomic mass is 10.00. The Kier molecular flexibility index (Phi) is 4.76. The molecule has 0 aliphatic heterocycles. The largest absolute Gasteiger partial charge is 0.324 e. The Balaban J connectivity index is 2.61. The lowest BCUT2D eigenvalue weighted by Gasteiger charge is -2.12. The third-order valence-electron chi connectivity index (χ3n) is 2.67. The highest BCUT2D eigenvalue weighted by atomic mass is 19.1. The van der Waals surface area contributed by atoms with Crippen LogP contribution in [0.2, 0.25) is 0 Å². The lowest BCUT2D eigenvalue weighted by Crippen LogP contribution is -2.12. The molecule has 84 valence electrons. The molecule has 0 bridgehead atoms. The van der Waals surface area contributed by atoms with Crippen molar-refractivity contribution in [2.24, 2.45) is 5.73 Å². The topological polar surface area (TPSA) is 26.0 Å². The van der Waals surface area contributed by atoms with Crippen LogP contribution >= 0.6 is 0 Å². The second-order valence-corrected chi connectivity index (χ2v) is 4.13. The molecule has 0 saturated heterocycles. The number of halogens is 1. The van der Waals surface area contributed by atoms with Crippen molar-refractivity contribution >= 4 is 0 Å². The van der Waals surface area contributed by atoms with Crippen LogP contribution in [0.5, 0.6) is 0 Å². The summed E-state index contributed by atoms with van der Waals surface area (Å²) >= 11 is 0. The zero-order valence-corrected chi connectivity index (χ0v) is 9.59. The van der Waals surface area contributed by atoms with Gasteiger partial charge in [0.2, 0.25) is 0 Å². The fourth-order valence-electron chi connectivity index (χ4n) is 1.70. The second-order valence-electron chi connectivity index (χ2n) is 4.13. The van der Waals surface area contributed by atoms with Gasteiger partial charge in [-0.1, -0.05) is 38.3 Å². The van der Waals surface area contributed by atoms with Crippen LogP contribution in [0.1, 0.15) is 49.8 Å². The van der Waals surface area contributed by atoms with E-state index in [1.54, 1.807) is 12.1 Å². The molecule has 0 aliphatic carbocycles. The fourth-order valence-corrected chi connectivity index (χ4v) is 1.70. The molecule has 1 nitrogen and oxygen atoms in total. The molecule has 0 amide bonds. The van der Waals surface area contributed by atoms with E-state index in [4.69, 9.17) is 5.73 Å².